The average molecular weight is 529 g/mol. The van der Waals surface area contributed by atoms with Crippen molar-refractivity contribution in [2.45, 2.75) is 46.6 Å². The van der Waals surface area contributed by atoms with Crippen LogP contribution in [0, 0.1) is 0 Å². The highest BCUT2D eigenvalue weighted by molar-refractivity contribution is 6.46. The second-order valence-electron chi connectivity index (χ2n) is 8.87. The molecule has 0 saturated carbocycles. The second-order valence-corrected chi connectivity index (χ2v) is 9.30. The topological polar surface area (TPSA) is 79.3 Å². The van der Waals surface area contributed by atoms with Crippen molar-refractivity contribution in [1.82, 2.24) is 9.80 Å². The number of Topliss-reactive ketones (excluding diaryl/α,β-unsaturated/α-hetero) is 1. The summed E-state index contributed by atoms with van der Waals surface area (Å²) in [6.45, 7) is 12.1. The van der Waals surface area contributed by atoms with Crippen LogP contribution in [0.25, 0.3) is 5.76 Å². The zero-order chi connectivity index (χ0) is 26.9. The van der Waals surface area contributed by atoms with E-state index in [4.69, 9.17) is 21.1 Å². The Kier molecular flexibility index (Phi) is 10.4. The van der Waals surface area contributed by atoms with Gasteiger partial charge in [-0.3, -0.25) is 9.59 Å². The van der Waals surface area contributed by atoms with Crippen molar-refractivity contribution >= 4 is 29.1 Å². The number of nitrogens with zero attached hydrogens (tertiary/aromatic N) is 2. The molecule has 200 valence electrons. The van der Waals surface area contributed by atoms with Crippen LogP contribution in [0.2, 0.25) is 5.02 Å². The predicted molar refractivity (Wildman–Crippen MR) is 146 cm³/mol. The minimum atomic E-state index is -0.758. The van der Waals surface area contributed by atoms with Crippen molar-refractivity contribution in [2.75, 3.05) is 39.4 Å². The molecule has 0 aromatic heterocycles. The molecular weight excluding hydrogens is 492 g/mol. The Bertz CT molecular complexity index is 1110. The third kappa shape index (κ3) is 6.65. The van der Waals surface area contributed by atoms with Crippen molar-refractivity contribution in [3.63, 3.8) is 0 Å². The number of aliphatic hydroxyl groups is 1. The number of ketones is 1. The number of hydrogen-bond acceptors (Lipinski definition) is 6. The SMILES string of the molecule is CCCOc1ccc(C2/C(=C(\O)c3ccc(Cl)cc3)C(=O)C(=O)N2CCCN(CC)CC)cc1OCC. The maximum Gasteiger partial charge on any atom is 0.295 e. The van der Waals surface area contributed by atoms with Gasteiger partial charge in [0.25, 0.3) is 11.7 Å². The van der Waals surface area contributed by atoms with Gasteiger partial charge < -0.3 is 24.4 Å². The Hall–Kier alpha value is -3.03. The van der Waals surface area contributed by atoms with Crippen LogP contribution in [0.15, 0.2) is 48.0 Å². The molecule has 1 aliphatic heterocycles. The molecule has 7 nitrogen and oxygen atoms in total. The van der Waals surface area contributed by atoms with Gasteiger partial charge in [0.15, 0.2) is 11.5 Å². The molecule has 37 heavy (non-hydrogen) atoms. The number of aliphatic hydroxyl groups excluding tert-OH is 1. The van der Waals surface area contributed by atoms with Crippen LogP contribution in [0.5, 0.6) is 11.5 Å². The first-order chi connectivity index (χ1) is 17.9. The summed E-state index contributed by atoms with van der Waals surface area (Å²) in [7, 11) is 0. The van der Waals surface area contributed by atoms with Gasteiger partial charge in [-0.15, -0.1) is 0 Å². The Balaban J connectivity index is 2.08. The van der Waals surface area contributed by atoms with E-state index in [-0.39, 0.29) is 11.3 Å². The monoisotopic (exact) mass is 528 g/mol. The molecular formula is C29H37ClN2O5. The van der Waals surface area contributed by atoms with Gasteiger partial charge in [-0.25, -0.2) is 0 Å². The molecule has 2 aromatic rings. The van der Waals surface area contributed by atoms with E-state index < -0.39 is 17.7 Å². The van der Waals surface area contributed by atoms with Gasteiger partial charge in [-0.2, -0.15) is 0 Å². The second kappa shape index (κ2) is 13.5. The number of ether oxygens (including phenoxy) is 2. The van der Waals surface area contributed by atoms with Gasteiger partial charge in [0.2, 0.25) is 0 Å². The van der Waals surface area contributed by atoms with Gasteiger partial charge in [0.1, 0.15) is 5.76 Å². The number of likely N-dealkylation sites (tertiary alicyclic amines) is 1. The van der Waals surface area contributed by atoms with Crippen molar-refractivity contribution in [1.29, 1.82) is 0 Å². The van der Waals surface area contributed by atoms with E-state index in [1.165, 1.54) is 0 Å². The van der Waals surface area contributed by atoms with Crippen molar-refractivity contribution in [2.24, 2.45) is 0 Å². The number of benzene rings is 2. The molecule has 0 aliphatic carbocycles. The standard InChI is InChI=1S/C29H37ClN2O5/c1-5-18-37-23-15-12-21(19-24(23)36-8-4)26-25(27(33)20-10-13-22(30)14-11-20)28(34)29(35)32(26)17-9-16-31(6-2)7-3/h10-15,19,26,33H,5-9,16-18H2,1-4H3/b27-25+. The first kappa shape index (κ1) is 28.5. The summed E-state index contributed by atoms with van der Waals surface area (Å²) in [5.41, 5.74) is 1.15. The highest BCUT2D eigenvalue weighted by atomic mass is 35.5. The van der Waals surface area contributed by atoms with Crippen molar-refractivity contribution in [3.8, 4) is 11.5 Å². The highest BCUT2D eigenvalue weighted by Crippen LogP contribution is 2.42. The minimum Gasteiger partial charge on any atom is -0.507 e. The van der Waals surface area contributed by atoms with E-state index in [1.54, 1.807) is 41.3 Å². The van der Waals surface area contributed by atoms with E-state index in [1.807, 2.05) is 19.9 Å². The smallest absolute Gasteiger partial charge is 0.295 e. The molecule has 0 spiro atoms. The first-order valence-corrected chi connectivity index (χ1v) is 13.4. The van der Waals surface area contributed by atoms with Crippen LogP contribution in [0.1, 0.15) is 57.7 Å². The summed E-state index contributed by atoms with van der Waals surface area (Å²) >= 11 is 6.02. The molecule has 2 aromatic carbocycles. The van der Waals surface area contributed by atoms with Gasteiger partial charge in [0.05, 0.1) is 24.8 Å². The largest absolute Gasteiger partial charge is 0.507 e. The maximum atomic E-state index is 13.3. The van der Waals surface area contributed by atoms with Gasteiger partial charge in [0, 0.05) is 17.1 Å². The van der Waals surface area contributed by atoms with Crippen LogP contribution in [-0.4, -0.2) is 66.0 Å². The molecule has 3 rings (SSSR count). The number of rotatable bonds is 13. The molecule has 0 bridgehead atoms. The lowest BCUT2D eigenvalue weighted by molar-refractivity contribution is -0.140. The molecule has 8 heteroatoms. The summed E-state index contributed by atoms with van der Waals surface area (Å²) in [6, 6.07) is 11.2. The van der Waals surface area contributed by atoms with Crippen LogP contribution in [-0.2, 0) is 9.59 Å². The zero-order valence-corrected chi connectivity index (χ0v) is 22.9. The maximum absolute atomic E-state index is 13.3. The van der Waals surface area contributed by atoms with Gasteiger partial charge >= 0.3 is 0 Å². The molecule has 1 N–H and O–H groups in total. The Morgan fingerprint density at radius 3 is 2.32 bits per heavy atom. The molecule has 1 saturated heterocycles. The number of amides is 1. The summed E-state index contributed by atoms with van der Waals surface area (Å²) in [5, 5.41) is 11.8. The fraction of sp³-hybridized carbons (Fsp3) is 0.448. The Morgan fingerprint density at radius 2 is 1.70 bits per heavy atom. The highest BCUT2D eigenvalue weighted by Gasteiger charge is 2.46. The number of carbonyl (C=O) groups is 2. The van der Waals surface area contributed by atoms with Gasteiger partial charge in [-0.1, -0.05) is 38.4 Å². The van der Waals surface area contributed by atoms with E-state index in [2.05, 4.69) is 18.7 Å². The number of halogens is 1. The van der Waals surface area contributed by atoms with E-state index in [0.29, 0.717) is 53.8 Å². The van der Waals surface area contributed by atoms with E-state index >= 15 is 0 Å². The quantitative estimate of drug-likeness (QED) is 0.205. The fourth-order valence-corrected chi connectivity index (χ4v) is 4.65. The van der Waals surface area contributed by atoms with Gasteiger partial charge in [-0.05, 0) is 81.4 Å². The summed E-state index contributed by atoms with van der Waals surface area (Å²) in [6.07, 6.45) is 1.54. The lowest BCUT2D eigenvalue weighted by Gasteiger charge is -2.27. The van der Waals surface area contributed by atoms with Crippen LogP contribution >= 0.6 is 11.6 Å². The number of hydrogen-bond donors (Lipinski definition) is 1. The van der Waals surface area contributed by atoms with Crippen molar-refractivity contribution in [3.05, 3.63) is 64.2 Å². The minimum absolute atomic E-state index is 0.0554. The van der Waals surface area contributed by atoms with E-state index in [9.17, 15) is 14.7 Å². The normalized spacial score (nSPS) is 17.0. The predicted octanol–water partition coefficient (Wildman–Crippen LogP) is 5.68. The Morgan fingerprint density at radius 1 is 1.00 bits per heavy atom. The van der Waals surface area contributed by atoms with Crippen LogP contribution in [0.4, 0.5) is 0 Å². The molecule has 1 fully saturated rings. The zero-order valence-electron chi connectivity index (χ0n) is 22.1. The average Bonchev–Trinajstić information content (AvgIpc) is 3.15. The summed E-state index contributed by atoms with van der Waals surface area (Å²) in [5.74, 6) is -0.415. The molecule has 1 aliphatic rings. The third-order valence-electron chi connectivity index (χ3n) is 6.47. The molecule has 1 atom stereocenters. The Labute approximate surface area is 224 Å². The van der Waals surface area contributed by atoms with Crippen LogP contribution in [0.3, 0.4) is 0 Å². The van der Waals surface area contributed by atoms with Crippen molar-refractivity contribution < 1.29 is 24.2 Å². The summed E-state index contributed by atoms with van der Waals surface area (Å²) in [4.78, 5) is 30.4. The summed E-state index contributed by atoms with van der Waals surface area (Å²) < 4.78 is 11.7. The molecule has 1 heterocycles. The number of carbonyl (C=O) groups excluding carboxylic acids is 2. The molecule has 0 radical (unpaired) electrons. The molecule has 1 amide bonds. The molecule has 1 unspecified atom stereocenters. The third-order valence-corrected chi connectivity index (χ3v) is 6.72. The first-order valence-electron chi connectivity index (χ1n) is 13.0. The fourth-order valence-electron chi connectivity index (χ4n) is 4.52. The lowest BCUT2D eigenvalue weighted by atomic mass is 9.95. The lowest BCUT2D eigenvalue weighted by Crippen LogP contribution is -2.33. The van der Waals surface area contributed by atoms with E-state index in [0.717, 1.165) is 26.1 Å². The van der Waals surface area contributed by atoms with Crippen LogP contribution < -0.4 is 9.47 Å².